The number of benzene rings is 1. The van der Waals surface area contributed by atoms with E-state index in [0.717, 1.165) is 17.4 Å². The van der Waals surface area contributed by atoms with Gasteiger partial charge in [0.2, 0.25) is 5.91 Å². The summed E-state index contributed by atoms with van der Waals surface area (Å²) in [4.78, 5) is 11.9. The molecule has 0 spiro atoms. The van der Waals surface area contributed by atoms with Crippen LogP contribution in [0.2, 0.25) is 0 Å². The maximum absolute atomic E-state index is 13.0. The molecule has 0 saturated heterocycles. The smallest absolute Gasteiger partial charge is 0.220 e. The first kappa shape index (κ1) is 13.6. The highest BCUT2D eigenvalue weighted by Crippen LogP contribution is 2.49. The van der Waals surface area contributed by atoms with Crippen molar-refractivity contribution in [3.63, 3.8) is 0 Å². The molecule has 0 aromatic heterocycles. The average molecular weight is 275 g/mol. The third-order valence-corrected chi connectivity index (χ3v) is 4.96. The Morgan fingerprint density at radius 2 is 2.20 bits per heavy atom. The van der Waals surface area contributed by atoms with E-state index in [0.29, 0.717) is 25.3 Å². The highest BCUT2D eigenvalue weighted by Gasteiger charge is 2.39. The molecule has 3 atom stereocenters. The van der Waals surface area contributed by atoms with Crippen LogP contribution in [0.3, 0.4) is 0 Å². The van der Waals surface area contributed by atoms with Crippen LogP contribution in [0, 0.1) is 23.6 Å². The van der Waals surface area contributed by atoms with Crippen LogP contribution in [0.5, 0.6) is 0 Å². The molecule has 2 fully saturated rings. The van der Waals surface area contributed by atoms with Crippen LogP contribution >= 0.6 is 0 Å². The van der Waals surface area contributed by atoms with Crippen molar-refractivity contribution in [1.29, 1.82) is 0 Å². The number of amides is 1. The Kier molecular flexibility index (Phi) is 4.04. The zero-order chi connectivity index (χ0) is 13.9. The molecule has 1 amide bonds. The van der Waals surface area contributed by atoms with Gasteiger partial charge in [-0.3, -0.25) is 4.79 Å². The summed E-state index contributed by atoms with van der Waals surface area (Å²) < 4.78 is 13.0. The molecule has 1 aromatic rings. The molecule has 2 nitrogen and oxygen atoms in total. The summed E-state index contributed by atoms with van der Waals surface area (Å²) in [6, 6.07) is 6.58. The van der Waals surface area contributed by atoms with E-state index >= 15 is 0 Å². The number of rotatable bonds is 5. The average Bonchev–Trinajstić information content (AvgIpc) is 3.01. The van der Waals surface area contributed by atoms with Gasteiger partial charge in [-0.2, -0.15) is 0 Å². The van der Waals surface area contributed by atoms with E-state index < -0.39 is 0 Å². The molecule has 2 bridgehead atoms. The van der Waals surface area contributed by atoms with Crippen LogP contribution in [0.4, 0.5) is 4.39 Å². The molecule has 2 aliphatic rings. The second-order valence-corrected chi connectivity index (χ2v) is 6.37. The van der Waals surface area contributed by atoms with Gasteiger partial charge < -0.3 is 5.32 Å². The lowest BCUT2D eigenvalue weighted by atomic mass is 9.86. The maximum atomic E-state index is 13.0. The Bertz CT molecular complexity index is 488. The van der Waals surface area contributed by atoms with E-state index in [9.17, 15) is 9.18 Å². The van der Waals surface area contributed by atoms with Crippen molar-refractivity contribution in [3.8, 4) is 0 Å². The van der Waals surface area contributed by atoms with Crippen molar-refractivity contribution in [2.45, 2.75) is 38.5 Å². The van der Waals surface area contributed by atoms with Gasteiger partial charge in [-0.1, -0.05) is 18.6 Å². The van der Waals surface area contributed by atoms with Crippen molar-refractivity contribution >= 4 is 5.91 Å². The summed E-state index contributed by atoms with van der Waals surface area (Å²) >= 11 is 0. The molecule has 1 aromatic carbocycles. The van der Waals surface area contributed by atoms with E-state index in [1.54, 1.807) is 6.07 Å². The fourth-order valence-electron chi connectivity index (χ4n) is 3.98. The molecule has 0 aliphatic heterocycles. The molecule has 0 radical (unpaired) electrons. The Morgan fingerprint density at radius 3 is 2.90 bits per heavy atom. The highest BCUT2D eigenvalue weighted by atomic mass is 19.1. The molecule has 1 N–H and O–H groups in total. The minimum atomic E-state index is -0.212. The number of carbonyl (C=O) groups excluding carboxylic acids is 1. The molecule has 108 valence electrons. The zero-order valence-corrected chi connectivity index (χ0v) is 11.8. The fraction of sp³-hybridized carbons (Fsp3) is 0.588. The number of fused-ring (bicyclic) bond motifs is 2. The van der Waals surface area contributed by atoms with E-state index in [1.165, 1.54) is 37.8 Å². The van der Waals surface area contributed by atoms with E-state index in [2.05, 4.69) is 5.32 Å². The van der Waals surface area contributed by atoms with Gasteiger partial charge in [-0.15, -0.1) is 0 Å². The van der Waals surface area contributed by atoms with Gasteiger partial charge in [0.1, 0.15) is 5.82 Å². The van der Waals surface area contributed by atoms with Crippen LogP contribution in [0.25, 0.3) is 0 Å². The lowest BCUT2D eigenvalue weighted by Gasteiger charge is -2.20. The SMILES string of the molecule is O=C(CC1CC2CCC1C2)NCCc1cccc(F)c1. The van der Waals surface area contributed by atoms with Crippen molar-refractivity contribution in [2.24, 2.45) is 17.8 Å². The number of nitrogens with one attached hydrogen (secondary N) is 1. The Morgan fingerprint density at radius 1 is 1.30 bits per heavy atom. The molecule has 3 rings (SSSR count). The Hall–Kier alpha value is -1.38. The molecule has 3 heteroatoms. The first-order chi connectivity index (χ1) is 9.70. The van der Waals surface area contributed by atoms with Gasteiger partial charge in [0.05, 0.1) is 0 Å². The predicted octanol–water partition coefficient (Wildman–Crippen LogP) is 3.31. The van der Waals surface area contributed by atoms with Gasteiger partial charge in [0, 0.05) is 13.0 Å². The van der Waals surface area contributed by atoms with E-state index in [1.807, 2.05) is 6.07 Å². The summed E-state index contributed by atoms with van der Waals surface area (Å²) in [6.45, 7) is 0.600. The summed E-state index contributed by atoms with van der Waals surface area (Å²) in [5.41, 5.74) is 0.935. The lowest BCUT2D eigenvalue weighted by molar-refractivity contribution is -0.122. The van der Waals surface area contributed by atoms with Crippen molar-refractivity contribution in [2.75, 3.05) is 6.54 Å². The maximum Gasteiger partial charge on any atom is 0.220 e. The Balaban J connectivity index is 1.39. The van der Waals surface area contributed by atoms with E-state index in [4.69, 9.17) is 0 Å². The third-order valence-electron chi connectivity index (χ3n) is 4.96. The second kappa shape index (κ2) is 5.94. The van der Waals surface area contributed by atoms with Crippen molar-refractivity contribution in [1.82, 2.24) is 5.32 Å². The normalized spacial score (nSPS) is 27.8. The monoisotopic (exact) mass is 275 g/mol. The van der Waals surface area contributed by atoms with Gasteiger partial charge in [-0.25, -0.2) is 4.39 Å². The summed E-state index contributed by atoms with van der Waals surface area (Å²) in [5, 5.41) is 2.98. The minimum Gasteiger partial charge on any atom is -0.356 e. The van der Waals surface area contributed by atoms with Crippen LogP contribution in [0.1, 0.15) is 37.7 Å². The van der Waals surface area contributed by atoms with Crippen LogP contribution in [-0.4, -0.2) is 12.5 Å². The van der Waals surface area contributed by atoms with Crippen molar-refractivity contribution in [3.05, 3.63) is 35.6 Å². The van der Waals surface area contributed by atoms with Gasteiger partial charge in [-0.05, 0) is 61.1 Å². The molecule has 0 heterocycles. The molecular weight excluding hydrogens is 253 g/mol. The number of carbonyl (C=O) groups is 1. The van der Waals surface area contributed by atoms with Crippen LogP contribution < -0.4 is 5.32 Å². The number of halogens is 1. The van der Waals surface area contributed by atoms with Crippen LogP contribution in [0.15, 0.2) is 24.3 Å². The fourth-order valence-corrected chi connectivity index (χ4v) is 3.98. The largest absolute Gasteiger partial charge is 0.356 e. The molecular formula is C17H22FNO. The van der Waals surface area contributed by atoms with Gasteiger partial charge >= 0.3 is 0 Å². The highest BCUT2D eigenvalue weighted by molar-refractivity contribution is 5.76. The predicted molar refractivity (Wildman–Crippen MR) is 76.7 cm³/mol. The number of hydrogen-bond donors (Lipinski definition) is 1. The van der Waals surface area contributed by atoms with Crippen molar-refractivity contribution < 1.29 is 9.18 Å². The summed E-state index contributed by atoms with van der Waals surface area (Å²) in [6.07, 6.45) is 6.68. The first-order valence-electron chi connectivity index (χ1n) is 7.72. The van der Waals surface area contributed by atoms with Gasteiger partial charge in [0.15, 0.2) is 0 Å². The molecule has 2 aliphatic carbocycles. The standard InChI is InChI=1S/C17H22FNO/c18-16-3-1-2-12(10-16)6-7-19-17(20)11-15-9-13-4-5-14(15)8-13/h1-3,10,13-15H,4-9,11H2,(H,19,20). The minimum absolute atomic E-state index is 0.166. The van der Waals surface area contributed by atoms with E-state index in [-0.39, 0.29) is 11.7 Å². The third kappa shape index (κ3) is 3.20. The Labute approximate surface area is 119 Å². The zero-order valence-electron chi connectivity index (χ0n) is 11.8. The first-order valence-corrected chi connectivity index (χ1v) is 7.72. The molecule has 3 unspecified atom stereocenters. The van der Waals surface area contributed by atoms with Crippen LogP contribution in [-0.2, 0) is 11.2 Å². The lowest BCUT2D eigenvalue weighted by Crippen LogP contribution is -2.29. The topological polar surface area (TPSA) is 29.1 Å². The molecule has 20 heavy (non-hydrogen) atoms. The summed E-state index contributed by atoms with van der Waals surface area (Å²) in [7, 11) is 0. The van der Waals surface area contributed by atoms with Gasteiger partial charge in [0.25, 0.3) is 0 Å². The molecule has 2 saturated carbocycles. The quantitative estimate of drug-likeness (QED) is 0.877. The number of hydrogen-bond acceptors (Lipinski definition) is 1. The second-order valence-electron chi connectivity index (χ2n) is 6.37. The summed E-state index contributed by atoms with van der Waals surface area (Å²) in [5.74, 6) is 2.26.